The number of likely N-dealkylation sites (tertiary alicyclic amines) is 1. The van der Waals surface area contributed by atoms with Crippen LogP contribution in [0.5, 0.6) is 0 Å². The maximum atomic E-state index is 13.4. The largest absolute Gasteiger partial charge is 0.342 e. The van der Waals surface area contributed by atoms with Gasteiger partial charge in [-0.2, -0.15) is 5.10 Å². The molecule has 2 saturated heterocycles. The molecule has 0 radical (unpaired) electrons. The Morgan fingerprint density at radius 2 is 1.79 bits per heavy atom. The Bertz CT molecular complexity index is 859. The first-order valence-electron chi connectivity index (χ1n) is 12.8. The highest BCUT2D eigenvalue weighted by molar-refractivity contribution is 6.00. The Morgan fingerprint density at radius 3 is 2.30 bits per heavy atom. The topological polar surface area (TPSA) is 70.5 Å². The lowest BCUT2D eigenvalue weighted by molar-refractivity contribution is -0.161. The number of carbonyl (C=O) groups is 2. The van der Waals surface area contributed by atoms with Crippen LogP contribution in [0.25, 0.3) is 0 Å². The van der Waals surface area contributed by atoms with Gasteiger partial charge in [0.1, 0.15) is 11.6 Å². The molecule has 7 nitrogen and oxygen atoms in total. The van der Waals surface area contributed by atoms with Gasteiger partial charge in [-0.3, -0.25) is 19.2 Å². The first kappa shape index (κ1) is 25.7. The van der Waals surface area contributed by atoms with Crippen LogP contribution in [0, 0.1) is 19.8 Å². The molecule has 1 aromatic rings. The number of amides is 2. The van der Waals surface area contributed by atoms with E-state index in [1.807, 2.05) is 4.90 Å². The number of nitrogens with one attached hydrogen (secondary N) is 1. The second kappa shape index (κ2) is 9.77. The maximum absolute atomic E-state index is 13.4. The predicted octanol–water partition coefficient (Wildman–Crippen LogP) is 3.76. The highest BCUT2D eigenvalue weighted by Crippen LogP contribution is 2.35. The molecule has 186 valence electrons. The highest BCUT2D eigenvalue weighted by atomic mass is 16.2. The van der Waals surface area contributed by atoms with Gasteiger partial charge < -0.3 is 10.2 Å². The summed E-state index contributed by atoms with van der Waals surface area (Å²) in [6.07, 6.45) is 4.02. The number of aryl methyl sites for hydroxylation is 1. The molecule has 0 bridgehead atoms. The Hall–Kier alpha value is -1.89. The van der Waals surface area contributed by atoms with Gasteiger partial charge >= 0.3 is 0 Å². The lowest BCUT2D eigenvalue weighted by Gasteiger charge is -2.52. The number of nitrogens with zero attached hydrogens (tertiary/aromatic N) is 4. The zero-order valence-corrected chi connectivity index (χ0v) is 22.1. The second-order valence-electron chi connectivity index (χ2n) is 11.5. The number of hydrogen-bond acceptors (Lipinski definition) is 4. The van der Waals surface area contributed by atoms with Crippen LogP contribution in [0.1, 0.15) is 90.6 Å². The molecule has 1 atom stereocenters. The summed E-state index contributed by atoms with van der Waals surface area (Å²) < 4.78 is 2.12. The molecule has 0 aromatic carbocycles. The first-order chi connectivity index (χ1) is 15.4. The average molecular weight is 460 g/mol. The van der Waals surface area contributed by atoms with Gasteiger partial charge in [0.05, 0.1) is 11.2 Å². The highest BCUT2D eigenvalue weighted by Gasteiger charge is 2.53. The van der Waals surface area contributed by atoms with Crippen LogP contribution in [0.2, 0.25) is 0 Å². The SMILES string of the molecule is CCCCN1C(=O)C(CC(C)C)NC(=O)C12CCN(Cc1c(C)nn(C(C)(C)C)c1C)CC2. The van der Waals surface area contributed by atoms with E-state index in [0.717, 1.165) is 38.2 Å². The van der Waals surface area contributed by atoms with E-state index in [0.29, 0.717) is 31.7 Å². The van der Waals surface area contributed by atoms with Gasteiger partial charge in [0.2, 0.25) is 11.8 Å². The van der Waals surface area contributed by atoms with E-state index in [-0.39, 0.29) is 23.4 Å². The van der Waals surface area contributed by atoms with Crippen molar-refractivity contribution < 1.29 is 9.59 Å². The van der Waals surface area contributed by atoms with Crippen LogP contribution in [-0.4, -0.2) is 62.6 Å². The summed E-state index contributed by atoms with van der Waals surface area (Å²) >= 11 is 0. The van der Waals surface area contributed by atoms with Crippen LogP contribution in [0.15, 0.2) is 0 Å². The number of piperidine rings is 1. The molecular formula is C26H45N5O2. The standard InChI is InChI=1S/C26H45N5O2/c1-9-10-13-30-23(32)22(16-18(2)3)27-24(33)26(30)11-14-29(15-12-26)17-21-19(4)28-31(20(21)5)25(6,7)8/h18,22H,9-17H2,1-8H3,(H,27,33). The lowest BCUT2D eigenvalue weighted by atomic mass is 9.80. The molecule has 2 fully saturated rings. The van der Waals surface area contributed by atoms with Crippen molar-refractivity contribution in [2.75, 3.05) is 19.6 Å². The van der Waals surface area contributed by atoms with E-state index in [4.69, 9.17) is 5.10 Å². The minimum absolute atomic E-state index is 0.0497. The Morgan fingerprint density at radius 1 is 1.15 bits per heavy atom. The van der Waals surface area contributed by atoms with Crippen molar-refractivity contribution in [2.24, 2.45) is 5.92 Å². The molecular weight excluding hydrogens is 414 g/mol. The number of aromatic nitrogens is 2. The summed E-state index contributed by atoms with van der Waals surface area (Å²) in [6, 6.07) is -0.383. The van der Waals surface area contributed by atoms with Gasteiger partial charge in [-0.1, -0.05) is 27.2 Å². The number of hydrogen-bond donors (Lipinski definition) is 1. The van der Waals surface area contributed by atoms with Crippen LogP contribution >= 0.6 is 0 Å². The third-order valence-corrected chi connectivity index (χ3v) is 7.39. The van der Waals surface area contributed by atoms with Gasteiger partial charge in [0.15, 0.2) is 0 Å². The quantitative estimate of drug-likeness (QED) is 0.674. The summed E-state index contributed by atoms with van der Waals surface area (Å²) in [4.78, 5) is 31.2. The molecule has 3 rings (SSSR count). The molecule has 2 aliphatic heterocycles. The average Bonchev–Trinajstić information content (AvgIpc) is 3.01. The minimum Gasteiger partial charge on any atom is -0.342 e. The molecule has 1 N–H and O–H groups in total. The van der Waals surface area contributed by atoms with Crippen molar-refractivity contribution in [1.29, 1.82) is 0 Å². The van der Waals surface area contributed by atoms with Gasteiger partial charge in [0, 0.05) is 37.4 Å². The fraction of sp³-hybridized carbons (Fsp3) is 0.808. The molecule has 33 heavy (non-hydrogen) atoms. The van der Waals surface area contributed by atoms with Crippen molar-refractivity contribution in [3.8, 4) is 0 Å². The van der Waals surface area contributed by atoms with Crippen LogP contribution in [0.3, 0.4) is 0 Å². The third-order valence-electron chi connectivity index (χ3n) is 7.39. The molecule has 0 aliphatic carbocycles. The van der Waals surface area contributed by atoms with E-state index < -0.39 is 5.54 Å². The molecule has 1 spiro atoms. The van der Waals surface area contributed by atoms with Crippen molar-refractivity contribution in [1.82, 2.24) is 24.9 Å². The summed E-state index contributed by atoms with van der Waals surface area (Å²) in [7, 11) is 0. The Balaban J connectivity index is 1.76. The van der Waals surface area contributed by atoms with Crippen molar-refractivity contribution in [2.45, 2.75) is 111 Å². The van der Waals surface area contributed by atoms with Gasteiger partial charge in [0.25, 0.3) is 0 Å². The molecule has 1 unspecified atom stereocenters. The Labute approximate surface area is 200 Å². The first-order valence-corrected chi connectivity index (χ1v) is 12.8. The summed E-state index contributed by atoms with van der Waals surface area (Å²) in [5.41, 5.74) is 2.83. The summed E-state index contributed by atoms with van der Waals surface area (Å²) in [5.74, 6) is 0.531. The molecule has 2 aliphatic rings. The second-order valence-corrected chi connectivity index (χ2v) is 11.5. The number of carbonyl (C=O) groups excluding carboxylic acids is 2. The smallest absolute Gasteiger partial charge is 0.246 e. The normalized spacial score (nSPS) is 21.8. The van der Waals surface area contributed by atoms with Crippen molar-refractivity contribution in [3.05, 3.63) is 17.0 Å². The van der Waals surface area contributed by atoms with E-state index in [2.05, 4.69) is 70.3 Å². The number of rotatable bonds is 7. The number of piperazine rings is 1. The zero-order valence-electron chi connectivity index (χ0n) is 22.1. The van der Waals surface area contributed by atoms with Crippen LogP contribution < -0.4 is 5.32 Å². The third kappa shape index (κ3) is 5.13. The monoisotopic (exact) mass is 459 g/mol. The lowest BCUT2D eigenvalue weighted by Crippen LogP contribution is -2.73. The molecule has 1 aromatic heterocycles. The summed E-state index contributed by atoms with van der Waals surface area (Å²) in [6.45, 7) is 20.2. The van der Waals surface area contributed by atoms with Crippen LogP contribution in [0.4, 0.5) is 0 Å². The molecule has 3 heterocycles. The van der Waals surface area contributed by atoms with Gasteiger partial charge in [-0.05, 0) is 66.2 Å². The van der Waals surface area contributed by atoms with Gasteiger partial charge in [-0.25, -0.2) is 0 Å². The predicted molar refractivity (Wildman–Crippen MR) is 132 cm³/mol. The van der Waals surface area contributed by atoms with E-state index in [1.165, 1.54) is 11.3 Å². The van der Waals surface area contributed by atoms with Crippen molar-refractivity contribution in [3.63, 3.8) is 0 Å². The Kier molecular flexibility index (Phi) is 7.62. The minimum atomic E-state index is -0.698. The maximum Gasteiger partial charge on any atom is 0.246 e. The zero-order chi connectivity index (χ0) is 24.6. The fourth-order valence-electron chi connectivity index (χ4n) is 5.51. The van der Waals surface area contributed by atoms with E-state index in [1.54, 1.807) is 0 Å². The van der Waals surface area contributed by atoms with Gasteiger partial charge in [-0.15, -0.1) is 0 Å². The van der Waals surface area contributed by atoms with E-state index in [9.17, 15) is 9.59 Å². The number of unbranched alkanes of at least 4 members (excludes halogenated alkanes) is 1. The van der Waals surface area contributed by atoms with Crippen molar-refractivity contribution >= 4 is 11.8 Å². The molecule has 2 amide bonds. The van der Waals surface area contributed by atoms with E-state index >= 15 is 0 Å². The molecule has 7 heteroatoms. The van der Waals surface area contributed by atoms with Crippen LogP contribution in [-0.2, 0) is 21.7 Å². The molecule has 0 saturated carbocycles. The fourth-order valence-corrected chi connectivity index (χ4v) is 5.51. The summed E-state index contributed by atoms with van der Waals surface area (Å²) in [5, 5.41) is 7.91.